The van der Waals surface area contributed by atoms with Crippen molar-refractivity contribution in [2.45, 2.75) is 17.7 Å². The molecule has 1 heterocycles. The lowest BCUT2D eigenvalue weighted by molar-refractivity contribution is -0.137. The van der Waals surface area contributed by atoms with Crippen molar-refractivity contribution >= 4 is 10.0 Å². The van der Waals surface area contributed by atoms with Crippen LogP contribution in [0, 0.1) is 0 Å². The van der Waals surface area contributed by atoms with Gasteiger partial charge in [0.1, 0.15) is 0 Å². The molecule has 4 rings (SSSR count). The number of oxazole rings is 1. The molecule has 4 aromatic rings. The summed E-state index contributed by atoms with van der Waals surface area (Å²) in [6, 6.07) is 21.9. The number of rotatable bonds is 6. The zero-order valence-corrected chi connectivity index (χ0v) is 17.3. The minimum absolute atomic E-state index is 0.0426. The Kier molecular flexibility index (Phi) is 5.86. The van der Waals surface area contributed by atoms with Crippen molar-refractivity contribution in [3.05, 3.63) is 96.1 Å². The minimum Gasteiger partial charge on any atom is -0.435 e. The summed E-state index contributed by atoms with van der Waals surface area (Å²) in [5.41, 5.74) is 0.397. The number of nitrogens with zero attached hydrogens (tertiary/aromatic N) is 1. The molecule has 0 saturated heterocycles. The molecule has 1 N–H and O–H groups in total. The van der Waals surface area contributed by atoms with Gasteiger partial charge >= 0.3 is 6.18 Å². The first-order valence-corrected chi connectivity index (χ1v) is 11.0. The number of hydrogen-bond donors (Lipinski definition) is 1. The topological polar surface area (TPSA) is 72.2 Å². The Bertz CT molecular complexity index is 1320. The maximum absolute atomic E-state index is 13.1. The number of halogens is 3. The first-order chi connectivity index (χ1) is 15.2. The van der Waals surface area contributed by atoms with Crippen LogP contribution in [0.1, 0.15) is 11.1 Å². The summed E-state index contributed by atoms with van der Waals surface area (Å²) >= 11 is 0. The molecular weight excluding hydrogens is 441 g/mol. The van der Waals surface area contributed by atoms with Gasteiger partial charge in [0.05, 0.1) is 5.56 Å². The van der Waals surface area contributed by atoms with Crippen LogP contribution in [0.25, 0.3) is 22.8 Å². The molecule has 1 aromatic heterocycles. The lowest BCUT2D eigenvalue weighted by Crippen LogP contribution is -2.24. The molecule has 0 aliphatic carbocycles. The summed E-state index contributed by atoms with van der Waals surface area (Å²) in [6.45, 7) is -0.339. The van der Waals surface area contributed by atoms with Crippen LogP contribution in [0.2, 0.25) is 0 Å². The molecule has 0 spiro atoms. The molecule has 9 heteroatoms. The zero-order valence-electron chi connectivity index (χ0n) is 16.5. The van der Waals surface area contributed by atoms with E-state index in [9.17, 15) is 21.6 Å². The van der Waals surface area contributed by atoms with Gasteiger partial charge in [-0.15, -0.1) is 0 Å². The molecule has 0 saturated carbocycles. The van der Waals surface area contributed by atoms with Crippen LogP contribution < -0.4 is 4.72 Å². The number of alkyl halides is 3. The van der Waals surface area contributed by atoms with Gasteiger partial charge in [-0.3, -0.25) is 0 Å². The third-order valence-electron chi connectivity index (χ3n) is 4.63. The first kappa shape index (κ1) is 21.8. The largest absolute Gasteiger partial charge is 0.435 e. The molecule has 0 atom stereocenters. The van der Waals surface area contributed by atoms with Crippen molar-refractivity contribution in [1.82, 2.24) is 9.71 Å². The van der Waals surface area contributed by atoms with Gasteiger partial charge in [-0.25, -0.2) is 13.1 Å². The van der Waals surface area contributed by atoms with Gasteiger partial charge in [-0.05, 0) is 23.8 Å². The number of nitrogens with one attached hydrogen (secondary N) is 1. The van der Waals surface area contributed by atoms with Crippen LogP contribution in [0.3, 0.4) is 0 Å². The monoisotopic (exact) mass is 458 g/mol. The highest BCUT2D eigenvalue weighted by atomic mass is 32.2. The second-order valence-corrected chi connectivity index (χ2v) is 8.59. The highest BCUT2D eigenvalue weighted by Crippen LogP contribution is 2.33. The highest BCUT2D eigenvalue weighted by Gasteiger charge is 2.31. The summed E-state index contributed by atoms with van der Waals surface area (Å²) < 4.78 is 73.1. The van der Waals surface area contributed by atoms with E-state index < -0.39 is 21.8 Å². The fraction of sp³-hybridized carbons (Fsp3) is 0.0870. The average molecular weight is 458 g/mol. The van der Waals surface area contributed by atoms with E-state index in [-0.39, 0.29) is 28.8 Å². The lowest BCUT2D eigenvalue weighted by atomic mass is 10.1. The zero-order chi connectivity index (χ0) is 22.8. The summed E-state index contributed by atoms with van der Waals surface area (Å²) in [6.07, 6.45) is -4.52. The van der Waals surface area contributed by atoms with E-state index in [0.29, 0.717) is 11.1 Å². The lowest BCUT2D eigenvalue weighted by Gasteiger charge is -2.09. The highest BCUT2D eigenvalue weighted by molar-refractivity contribution is 7.89. The number of aromatic nitrogens is 1. The number of hydrogen-bond acceptors (Lipinski definition) is 4. The predicted molar refractivity (Wildman–Crippen MR) is 113 cm³/mol. The first-order valence-electron chi connectivity index (χ1n) is 9.51. The average Bonchev–Trinajstić information content (AvgIpc) is 3.25. The number of benzene rings is 3. The molecule has 32 heavy (non-hydrogen) atoms. The van der Waals surface area contributed by atoms with Crippen molar-refractivity contribution in [2.24, 2.45) is 0 Å². The summed E-state index contributed by atoms with van der Waals surface area (Å²) in [4.78, 5) is 4.20. The second-order valence-electron chi connectivity index (χ2n) is 6.91. The summed E-state index contributed by atoms with van der Waals surface area (Å²) in [5, 5.41) is -0.338. The van der Waals surface area contributed by atoms with Crippen LogP contribution in [0.15, 0.2) is 94.4 Å². The van der Waals surface area contributed by atoms with Gasteiger partial charge in [0.2, 0.25) is 10.9 Å². The fourth-order valence-corrected chi connectivity index (χ4v) is 4.17. The molecule has 0 aliphatic rings. The third-order valence-corrected chi connectivity index (χ3v) is 5.94. The number of sulfonamides is 1. The quantitative estimate of drug-likeness (QED) is 0.414. The molecule has 0 fully saturated rings. The Morgan fingerprint density at radius 1 is 0.844 bits per heavy atom. The molecule has 0 radical (unpaired) electrons. The van der Waals surface area contributed by atoms with Crippen LogP contribution in [0.4, 0.5) is 13.2 Å². The van der Waals surface area contributed by atoms with Gasteiger partial charge in [0.25, 0.3) is 10.0 Å². The van der Waals surface area contributed by atoms with E-state index in [0.717, 1.165) is 12.1 Å². The Labute approximate surface area is 182 Å². The molecule has 5 nitrogen and oxygen atoms in total. The van der Waals surface area contributed by atoms with Crippen LogP contribution >= 0.6 is 0 Å². The van der Waals surface area contributed by atoms with Crippen LogP contribution in [-0.4, -0.2) is 13.4 Å². The van der Waals surface area contributed by atoms with Gasteiger partial charge in [-0.2, -0.15) is 18.2 Å². The molecule has 0 aliphatic heterocycles. The van der Waals surface area contributed by atoms with E-state index >= 15 is 0 Å². The van der Waals surface area contributed by atoms with Crippen LogP contribution in [-0.2, 0) is 22.7 Å². The van der Waals surface area contributed by atoms with E-state index in [1.165, 1.54) is 12.1 Å². The SMILES string of the molecule is O=S(=O)(NCc1cccc(C(F)(F)F)c1)c1nc(-c2ccccc2)oc1-c1ccccc1. The van der Waals surface area contributed by atoms with Crippen molar-refractivity contribution in [3.8, 4) is 22.8 Å². The normalized spacial score (nSPS) is 12.1. The smallest absolute Gasteiger partial charge is 0.416 e. The Morgan fingerprint density at radius 2 is 1.47 bits per heavy atom. The summed E-state index contributed by atoms with van der Waals surface area (Å²) in [5.74, 6) is 0.157. The molecule has 0 bridgehead atoms. The van der Waals surface area contributed by atoms with E-state index in [2.05, 4.69) is 9.71 Å². The molecule has 0 amide bonds. The second kappa shape index (κ2) is 8.60. The van der Waals surface area contributed by atoms with Crippen molar-refractivity contribution in [2.75, 3.05) is 0 Å². The minimum atomic E-state index is -4.52. The molecule has 3 aromatic carbocycles. The standard InChI is InChI=1S/C23H17F3N2O3S/c24-23(25,26)19-13-7-8-16(14-19)15-27-32(29,30)22-20(17-9-3-1-4-10-17)31-21(28-22)18-11-5-2-6-12-18/h1-14,27H,15H2. The Balaban J connectivity index is 1.69. The fourth-order valence-electron chi connectivity index (χ4n) is 3.07. The van der Waals surface area contributed by atoms with E-state index in [1.54, 1.807) is 60.7 Å². The Hall–Kier alpha value is -3.43. The maximum atomic E-state index is 13.1. The van der Waals surface area contributed by atoms with Gasteiger partial charge in [0, 0.05) is 17.7 Å². The van der Waals surface area contributed by atoms with Crippen LogP contribution in [0.5, 0.6) is 0 Å². The molecular formula is C23H17F3N2O3S. The van der Waals surface area contributed by atoms with Crippen molar-refractivity contribution in [1.29, 1.82) is 0 Å². The van der Waals surface area contributed by atoms with Crippen molar-refractivity contribution in [3.63, 3.8) is 0 Å². The maximum Gasteiger partial charge on any atom is 0.416 e. The van der Waals surface area contributed by atoms with E-state index in [4.69, 9.17) is 4.42 Å². The molecule has 164 valence electrons. The third kappa shape index (κ3) is 4.74. The predicted octanol–water partition coefficient (Wildman–Crippen LogP) is 5.51. The Morgan fingerprint density at radius 3 is 2.09 bits per heavy atom. The van der Waals surface area contributed by atoms with Gasteiger partial charge in [-0.1, -0.05) is 66.7 Å². The summed E-state index contributed by atoms with van der Waals surface area (Å²) in [7, 11) is -4.21. The van der Waals surface area contributed by atoms with E-state index in [1.807, 2.05) is 0 Å². The van der Waals surface area contributed by atoms with Gasteiger partial charge < -0.3 is 4.42 Å². The van der Waals surface area contributed by atoms with Crippen molar-refractivity contribution < 1.29 is 26.0 Å². The molecule has 0 unspecified atom stereocenters. The van der Waals surface area contributed by atoms with Gasteiger partial charge in [0.15, 0.2) is 5.76 Å².